The largest absolute Gasteiger partial charge is 0.444 e. The van der Waals surface area contributed by atoms with Gasteiger partial charge in [-0.1, -0.05) is 11.6 Å². The van der Waals surface area contributed by atoms with Crippen LogP contribution in [0.3, 0.4) is 0 Å². The Bertz CT molecular complexity index is 659. The molecular weight excluding hydrogens is 394 g/mol. The van der Waals surface area contributed by atoms with Crippen molar-refractivity contribution in [3.63, 3.8) is 0 Å². The summed E-state index contributed by atoms with van der Waals surface area (Å²) in [5, 5.41) is 10.3. The predicted octanol–water partition coefficient (Wildman–Crippen LogP) is 4.58. The first-order valence-corrected chi connectivity index (χ1v) is 9.00. The number of amides is 1. The van der Waals surface area contributed by atoms with E-state index in [9.17, 15) is 10.1 Å². The lowest BCUT2D eigenvalue weighted by atomic mass is 9.75. The fourth-order valence-corrected chi connectivity index (χ4v) is 3.26. The lowest BCUT2D eigenvalue weighted by Crippen LogP contribution is -2.45. The van der Waals surface area contributed by atoms with E-state index in [-0.39, 0.29) is 6.09 Å². The number of rotatable bonds is 2. The zero-order valence-electron chi connectivity index (χ0n) is 14.1. The normalized spacial score (nSPS) is 17.2. The Morgan fingerprint density at radius 1 is 1.50 bits per heavy atom. The molecule has 0 saturated carbocycles. The van der Waals surface area contributed by atoms with Crippen LogP contribution in [0.2, 0.25) is 5.02 Å². The molecule has 0 aromatic carbocycles. The number of nitriles is 1. The van der Waals surface area contributed by atoms with E-state index >= 15 is 0 Å². The third-order valence-electron chi connectivity index (χ3n) is 4.02. The number of hydrogen-bond donors (Lipinski definition) is 0. The number of aromatic nitrogens is 1. The summed E-state index contributed by atoms with van der Waals surface area (Å²) in [6, 6.07) is 4.28. The summed E-state index contributed by atoms with van der Waals surface area (Å²) < 4.78 is 6.11. The van der Waals surface area contributed by atoms with Gasteiger partial charge in [-0.05, 0) is 67.6 Å². The van der Waals surface area contributed by atoms with Gasteiger partial charge in [0.1, 0.15) is 10.2 Å². The van der Waals surface area contributed by atoms with Crippen LogP contribution in [0, 0.1) is 16.7 Å². The van der Waals surface area contributed by atoms with Gasteiger partial charge in [-0.15, -0.1) is 0 Å². The van der Waals surface area contributed by atoms with Crippen LogP contribution >= 0.6 is 27.5 Å². The average molecular weight is 415 g/mol. The second kappa shape index (κ2) is 7.28. The molecule has 0 bridgehead atoms. The first-order chi connectivity index (χ1) is 11.1. The maximum absolute atomic E-state index is 12.2. The Morgan fingerprint density at radius 3 is 2.67 bits per heavy atom. The van der Waals surface area contributed by atoms with Crippen molar-refractivity contribution in [2.75, 3.05) is 13.1 Å². The Balaban J connectivity index is 2.05. The summed E-state index contributed by atoms with van der Waals surface area (Å²) in [5.41, 5.74) is -0.124. The molecule has 0 aliphatic carbocycles. The van der Waals surface area contributed by atoms with Gasteiger partial charge in [-0.2, -0.15) is 5.26 Å². The van der Waals surface area contributed by atoms with Crippen LogP contribution in [0.25, 0.3) is 0 Å². The molecule has 130 valence electrons. The van der Waals surface area contributed by atoms with Gasteiger partial charge in [0, 0.05) is 19.3 Å². The molecule has 1 fully saturated rings. The maximum Gasteiger partial charge on any atom is 0.410 e. The van der Waals surface area contributed by atoms with Gasteiger partial charge in [0.25, 0.3) is 0 Å². The first kappa shape index (κ1) is 19.0. The minimum absolute atomic E-state index is 0.320. The molecule has 0 spiro atoms. The summed E-state index contributed by atoms with van der Waals surface area (Å²) in [5.74, 6) is 0. The fraction of sp³-hybridized carbons (Fsp3) is 0.588. The van der Waals surface area contributed by atoms with Crippen molar-refractivity contribution in [1.82, 2.24) is 9.88 Å². The molecule has 0 N–H and O–H groups in total. The van der Waals surface area contributed by atoms with Crippen molar-refractivity contribution in [2.45, 2.75) is 45.6 Å². The lowest BCUT2D eigenvalue weighted by Gasteiger charge is -2.38. The highest BCUT2D eigenvalue weighted by Gasteiger charge is 2.38. The van der Waals surface area contributed by atoms with Gasteiger partial charge >= 0.3 is 6.09 Å². The summed E-state index contributed by atoms with van der Waals surface area (Å²) in [4.78, 5) is 18.0. The predicted molar refractivity (Wildman–Crippen MR) is 95.7 cm³/mol. The number of nitrogens with zero attached hydrogens (tertiary/aromatic N) is 3. The molecule has 1 amide bonds. The van der Waals surface area contributed by atoms with Crippen LogP contribution in [0.4, 0.5) is 4.79 Å². The quantitative estimate of drug-likeness (QED) is 0.664. The second-order valence-corrected chi connectivity index (χ2v) is 8.33. The van der Waals surface area contributed by atoms with E-state index in [2.05, 4.69) is 27.0 Å². The van der Waals surface area contributed by atoms with Crippen molar-refractivity contribution in [3.8, 4) is 6.07 Å². The van der Waals surface area contributed by atoms with Gasteiger partial charge in [-0.3, -0.25) is 0 Å². The molecule has 5 nitrogen and oxygen atoms in total. The second-order valence-electron chi connectivity index (χ2n) is 7.14. The third-order valence-corrected chi connectivity index (χ3v) is 4.94. The summed E-state index contributed by atoms with van der Waals surface area (Å²) in [6.07, 6.45) is 3.00. The molecule has 0 unspecified atom stereocenters. The van der Waals surface area contributed by atoms with Crippen LogP contribution < -0.4 is 0 Å². The highest BCUT2D eigenvalue weighted by Crippen LogP contribution is 2.36. The Kier molecular flexibility index (Phi) is 5.77. The molecule has 1 aromatic rings. The van der Waals surface area contributed by atoms with E-state index in [0.717, 1.165) is 5.56 Å². The number of carbonyl (C=O) groups is 1. The van der Waals surface area contributed by atoms with Crippen molar-refractivity contribution in [3.05, 3.63) is 27.5 Å². The minimum Gasteiger partial charge on any atom is -0.444 e. The van der Waals surface area contributed by atoms with E-state index in [1.807, 2.05) is 26.8 Å². The number of piperidine rings is 1. The first-order valence-electron chi connectivity index (χ1n) is 7.83. The highest BCUT2D eigenvalue weighted by atomic mass is 79.9. The summed E-state index contributed by atoms with van der Waals surface area (Å²) in [6.45, 7) is 6.55. The van der Waals surface area contributed by atoms with E-state index in [1.54, 1.807) is 11.1 Å². The van der Waals surface area contributed by atoms with Crippen LogP contribution in [0.15, 0.2) is 16.9 Å². The average Bonchev–Trinajstić information content (AvgIpc) is 2.50. The van der Waals surface area contributed by atoms with E-state index in [0.29, 0.717) is 42.0 Å². The standard InChI is InChI=1S/C17H21BrClN3O2/c1-16(2,3)24-15(23)22-6-4-17(11-20,5-7-22)9-12-8-13(19)10-21-14(12)18/h8,10H,4-7,9H2,1-3H3. The number of ether oxygens (including phenoxy) is 1. The molecule has 0 radical (unpaired) electrons. The Labute approximate surface area is 156 Å². The number of pyridine rings is 1. The molecule has 1 aliphatic rings. The SMILES string of the molecule is CC(C)(C)OC(=O)N1CCC(C#N)(Cc2cc(Cl)cnc2Br)CC1. The zero-order valence-corrected chi connectivity index (χ0v) is 16.4. The monoisotopic (exact) mass is 413 g/mol. The third kappa shape index (κ3) is 4.84. The molecule has 2 rings (SSSR count). The molecule has 1 aliphatic heterocycles. The molecule has 24 heavy (non-hydrogen) atoms. The molecule has 2 heterocycles. The Morgan fingerprint density at radius 2 is 2.12 bits per heavy atom. The van der Waals surface area contributed by atoms with Crippen molar-refractivity contribution in [2.24, 2.45) is 5.41 Å². The van der Waals surface area contributed by atoms with Gasteiger partial charge in [0.2, 0.25) is 0 Å². The van der Waals surface area contributed by atoms with Gasteiger partial charge < -0.3 is 9.64 Å². The zero-order chi connectivity index (χ0) is 18.0. The van der Waals surface area contributed by atoms with Crippen LogP contribution in [-0.2, 0) is 11.2 Å². The number of halogens is 2. The lowest BCUT2D eigenvalue weighted by molar-refractivity contribution is 0.0148. The van der Waals surface area contributed by atoms with Crippen molar-refractivity contribution >= 4 is 33.6 Å². The molecule has 1 saturated heterocycles. The van der Waals surface area contributed by atoms with Crippen LogP contribution in [0.5, 0.6) is 0 Å². The smallest absolute Gasteiger partial charge is 0.410 e. The number of hydrogen-bond acceptors (Lipinski definition) is 4. The van der Waals surface area contributed by atoms with Crippen molar-refractivity contribution < 1.29 is 9.53 Å². The van der Waals surface area contributed by atoms with Crippen molar-refractivity contribution in [1.29, 1.82) is 5.26 Å². The molecule has 0 atom stereocenters. The fourth-order valence-electron chi connectivity index (χ4n) is 2.72. The van der Waals surface area contributed by atoms with Crippen LogP contribution in [-0.4, -0.2) is 34.7 Å². The number of carbonyl (C=O) groups excluding carboxylic acids is 1. The Hall–Kier alpha value is -1.32. The maximum atomic E-state index is 12.2. The van der Waals surface area contributed by atoms with E-state index < -0.39 is 11.0 Å². The molecular formula is C17H21BrClN3O2. The van der Waals surface area contributed by atoms with Gasteiger partial charge in [0.05, 0.1) is 16.5 Å². The summed E-state index contributed by atoms with van der Waals surface area (Å²) >= 11 is 9.43. The topological polar surface area (TPSA) is 66.2 Å². The van der Waals surface area contributed by atoms with E-state index in [4.69, 9.17) is 16.3 Å². The van der Waals surface area contributed by atoms with E-state index in [1.165, 1.54) is 0 Å². The number of likely N-dealkylation sites (tertiary alicyclic amines) is 1. The molecule has 7 heteroatoms. The van der Waals surface area contributed by atoms with Gasteiger partial charge in [-0.25, -0.2) is 9.78 Å². The molecule has 1 aromatic heterocycles. The van der Waals surface area contributed by atoms with Crippen LogP contribution in [0.1, 0.15) is 39.2 Å². The van der Waals surface area contributed by atoms with Gasteiger partial charge in [0.15, 0.2) is 0 Å². The minimum atomic E-state index is -0.520. The summed E-state index contributed by atoms with van der Waals surface area (Å²) in [7, 11) is 0. The highest BCUT2D eigenvalue weighted by molar-refractivity contribution is 9.10.